The quantitative estimate of drug-likeness (QED) is 0.455. The highest BCUT2D eigenvalue weighted by Crippen LogP contribution is 2.18. The van der Waals surface area contributed by atoms with Crippen LogP contribution < -0.4 is 21.3 Å². The van der Waals surface area contributed by atoms with Crippen molar-refractivity contribution in [3.05, 3.63) is 98.3 Å². The maximum absolute atomic E-state index is 12.9. The Balaban J connectivity index is 1.65. The van der Waals surface area contributed by atoms with Crippen molar-refractivity contribution in [1.29, 1.82) is 0 Å². The molecule has 0 radical (unpaired) electrons. The van der Waals surface area contributed by atoms with Crippen molar-refractivity contribution in [2.75, 3.05) is 11.9 Å². The van der Waals surface area contributed by atoms with Crippen molar-refractivity contribution in [3.8, 4) is 5.75 Å². The summed E-state index contributed by atoms with van der Waals surface area (Å²) in [6.45, 7) is 4.48. The fourth-order valence-electron chi connectivity index (χ4n) is 3.62. The average Bonchev–Trinajstić information content (AvgIpc) is 2.80. The molecule has 2 aromatic heterocycles. The number of aromatic amines is 1. The molecule has 33 heavy (non-hydrogen) atoms. The number of ether oxygens (including phenoxy) is 1. The fraction of sp³-hybridized carbons (Fsp3) is 0.200. The number of carbonyl (C=O) groups is 1. The summed E-state index contributed by atoms with van der Waals surface area (Å²) in [5.41, 5.74) is 1.49. The molecule has 8 heteroatoms. The van der Waals surface area contributed by atoms with E-state index >= 15 is 0 Å². The molecule has 1 amide bonds. The lowest BCUT2D eigenvalue weighted by Crippen LogP contribution is -2.32. The Kier molecular flexibility index (Phi) is 6.35. The van der Waals surface area contributed by atoms with Gasteiger partial charge in [-0.05, 0) is 56.2 Å². The first-order valence-corrected chi connectivity index (χ1v) is 10.7. The van der Waals surface area contributed by atoms with E-state index in [1.54, 1.807) is 31.2 Å². The number of pyridine rings is 1. The number of rotatable bonds is 7. The lowest BCUT2D eigenvalue weighted by molar-refractivity contribution is 0.102. The predicted octanol–water partition coefficient (Wildman–Crippen LogP) is 3.29. The third kappa shape index (κ3) is 4.85. The molecule has 2 aromatic carbocycles. The van der Waals surface area contributed by atoms with Gasteiger partial charge >= 0.3 is 5.69 Å². The number of aromatic nitrogens is 3. The van der Waals surface area contributed by atoms with Crippen LogP contribution >= 0.6 is 0 Å². The summed E-state index contributed by atoms with van der Waals surface area (Å²) in [5, 5.41) is 3.00. The Bertz CT molecular complexity index is 1410. The van der Waals surface area contributed by atoms with Gasteiger partial charge < -0.3 is 10.1 Å². The number of carbonyl (C=O) groups excluding carboxylic acids is 1. The Labute approximate surface area is 189 Å². The van der Waals surface area contributed by atoms with Crippen LogP contribution in [0.5, 0.6) is 5.75 Å². The molecule has 0 saturated carbocycles. The van der Waals surface area contributed by atoms with Gasteiger partial charge in [0.05, 0.1) is 23.3 Å². The molecule has 4 rings (SSSR count). The molecular weight excluding hydrogens is 420 g/mol. The lowest BCUT2D eigenvalue weighted by atomic mass is 10.1. The van der Waals surface area contributed by atoms with Crippen LogP contribution in [0.3, 0.4) is 0 Å². The monoisotopic (exact) mass is 444 g/mol. The first kappa shape index (κ1) is 22.0. The van der Waals surface area contributed by atoms with E-state index in [1.165, 1.54) is 10.6 Å². The maximum atomic E-state index is 12.9. The largest absolute Gasteiger partial charge is 0.494 e. The van der Waals surface area contributed by atoms with E-state index in [2.05, 4.69) is 15.3 Å². The molecular formula is C25H24N4O4. The molecule has 0 aliphatic heterocycles. The number of H-pyrrole nitrogens is 1. The van der Waals surface area contributed by atoms with Crippen LogP contribution in [0, 0.1) is 6.92 Å². The summed E-state index contributed by atoms with van der Waals surface area (Å²) in [7, 11) is 0. The van der Waals surface area contributed by atoms with Gasteiger partial charge in [-0.2, -0.15) is 0 Å². The standard InChI is InChI=1S/C25H24N4O4/c1-3-33-19-11-9-18(10-12-19)27-23(30)20-15-21-22(26-16(20)2)29(25(32)28-24(21)31)14-13-17-7-5-4-6-8-17/h4-12,15H,3,13-14H2,1-2H3,(H,27,30)(H,28,31,32). The molecule has 2 N–H and O–H groups in total. The smallest absolute Gasteiger partial charge is 0.330 e. The Morgan fingerprint density at radius 3 is 2.52 bits per heavy atom. The third-order valence-electron chi connectivity index (χ3n) is 5.29. The summed E-state index contributed by atoms with van der Waals surface area (Å²) in [4.78, 5) is 44.7. The lowest BCUT2D eigenvalue weighted by Gasteiger charge is -2.12. The van der Waals surface area contributed by atoms with Gasteiger partial charge in [-0.1, -0.05) is 30.3 Å². The number of aryl methyl sites for hydroxylation is 3. The third-order valence-corrected chi connectivity index (χ3v) is 5.29. The van der Waals surface area contributed by atoms with Crippen LogP contribution in [-0.2, 0) is 13.0 Å². The molecule has 0 spiro atoms. The first-order chi connectivity index (χ1) is 16.0. The Morgan fingerprint density at radius 2 is 1.82 bits per heavy atom. The number of amides is 1. The van der Waals surface area contributed by atoms with Crippen LogP contribution in [0.4, 0.5) is 5.69 Å². The second-order valence-electron chi connectivity index (χ2n) is 7.55. The highest BCUT2D eigenvalue weighted by atomic mass is 16.5. The predicted molar refractivity (Wildman–Crippen MR) is 127 cm³/mol. The van der Waals surface area contributed by atoms with E-state index in [0.717, 1.165) is 5.56 Å². The highest BCUT2D eigenvalue weighted by Gasteiger charge is 2.17. The molecule has 0 aliphatic rings. The van der Waals surface area contributed by atoms with Crippen LogP contribution in [0.1, 0.15) is 28.5 Å². The minimum Gasteiger partial charge on any atom is -0.494 e. The van der Waals surface area contributed by atoms with Crippen LogP contribution in [0.25, 0.3) is 11.0 Å². The maximum Gasteiger partial charge on any atom is 0.330 e. The average molecular weight is 444 g/mol. The molecule has 0 fully saturated rings. The number of hydrogen-bond acceptors (Lipinski definition) is 5. The molecule has 4 aromatic rings. The van der Waals surface area contributed by atoms with Gasteiger partial charge in [0.25, 0.3) is 11.5 Å². The molecule has 168 valence electrons. The van der Waals surface area contributed by atoms with Crippen LogP contribution in [0.15, 0.2) is 70.3 Å². The van der Waals surface area contributed by atoms with Crippen molar-refractivity contribution >= 4 is 22.6 Å². The van der Waals surface area contributed by atoms with Crippen molar-refractivity contribution in [2.24, 2.45) is 0 Å². The number of anilines is 1. The van der Waals surface area contributed by atoms with Gasteiger partial charge in [0.15, 0.2) is 0 Å². The molecule has 8 nitrogen and oxygen atoms in total. The molecule has 2 heterocycles. The molecule has 0 aliphatic carbocycles. The second-order valence-corrected chi connectivity index (χ2v) is 7.55. The normalized spacial score (nSPS) is 10.8. The SMILES string of the molecule is CCOc1ccc(NC(=O)c2cc3c(=O)[nH]c(=O)n(CCc4ccccc4)c3nc2C)cc1. The van der Waals surface area contributed by atoms with E-state index in [4.69, 9.17) is 4.74 Å². The Hall–Kier alpha value is -4.20. The van der Waals surface area contributed by atoms with Crippen molar-refractivity contribution < 1.29 is 9.53 Å². The van der Waals surface area contributed by atoms with Gasteiger partial charge in [-0.15, -0.1) is 0 Å². The van der Waals surface area contributed by atoms with Gasteiger partial charge in [0.1, 0.15) is 11.4 Å². The molecule has 0 bridgehead atoms. The van der Waals surface area contributed by atoms with Gasteiger partial charge in [-0.25, -0.2) is 9.78 Å². The highest BCUT2D eigenvalue weighted by molar-refractivity contribution is 6.06. The second kappa shape index (κ2) is 9.52. The summed E-state index contributed by atoms with van der Waals surface area (Å²) >= 11 is 0. The molecule has 0 unspecified atom stereocenters. The number of benzene rings is 2. The summed E-state index contributed by atoms with van der Waals surface area (Å²) in [6.07, 6.45) is 0.600. The Morgan fingerprint density at radius 1 is 1.09 bits per heavy atom. The van der Waals surface area contributed by atoms with Crippen molar-refractivity contribution in [3.63, 3.8) is 0 Å². The zero-order chi connectivity index (χ0) is 23.4. The van der Waals surface area contributed by atoms with E-state index in [9.17, 15) is 14.4 Å². The summed E-state index contributed by atoms with van der Waals surface area (Å²) < 4.78 is 6.85. The van der Waals surface area contributed by atoms with Gasteiger partial charge in [0, 0.05) is 12.2 Å². The summed E-state index contributed by atoms with van der Waals surface area (Å²) in [6, 6.07) is 18.2. The number of hydrogen-bond donors (Lipinski definition) is 2. The number of nitrogens with zero attached hydrogens (tertiary/aromatic N) is 2. The van der Waals surface area contributed by atoms with Crippen molar-refractivity contribution in [1.82, 2.24) is 14.5 Å². The van der Waals surface area contributed by atoms with Gasteiger partial charge in [0.2, 0.25) is 0 Å². The number of nitrogens with one attached hydrogen (secondary N) is 2. The van der Waals surface area contributed by atoms with E-state index in [-0.39, 0.29) is 16.6 Å². The number of fused-ring (bicyclic) bond motifs is 1. The minimum atomic E-state index is -0.575. The zero-order valence-corrected chi connectivity index (χ0v) is 18.4. The van der Waals surface area contributed by atoms with Gasteiger partial charge in [-0.3, -0.25) is 19.1 Å². The van der Waals surface area contributed by atoms with E-state index < -0.39 is 17.2 Å². The molecule has 0 atom stereocenters. The molecule has 0 saturated heterocycles. The zero-order valence-electron chi connectivity index (χ0n) is 18.4. The van der Waals surface area contributed by atoms with E-state index in [0.29, 0.717) is 36.7 Å². The topological polar surface area (TPSA) is 106 Å². The first-order valence-electron chi connectivity index (χ1n) is 10.7. The van der Waals surface area contributed by atoms with Crippen LogP contribution in [-0.4, -0.2) is 27.0 Å². The van der Waals surface area contributed by atoms with E-state index in [1.807, 2.05) is 37.3 Å². The van der Waals surface area contributed by atoms with Crippen molar-refractivity contribution in [2.45, 2.75) is 26.8 Å². The fourth-order valence-corrected chi connectivity index (χ4v) is 3.62. The minimum absolute atomic E-state index is 0.185. The summed E-state index contributed by atoms with van der Waals surface area (Å²) in [5.74, 6) is 0.312. The van der Waals surface area contributed by atoms with Crippen LogP contribution in [0.2, 0.25) is 0 Å².